The van der Waals surface area contributed by atoms with Crippen molar-refractivity contribution in [3.05, 3.63) is 30.1 Å². The first-order valence-corrected chi connectivity index (χ1v) is 7.04. The van der Waals surface area contributed by atoms with Gasteiger partial charge in [-0.1, -0.05) is 6.07 Å². The van der Waals surface area contributed by atoms with Crippen LogP contribution in [0, 0.1) is 11.3 Å². The first-order chi connectivity index (χ1) is 9.31. The van der Waals surface area contributed by atoms with Crippen LogP contribution in [0.15, 0.2) is 24.5 Å². The highest BCUT2D eigenvalue weighted by Gasteiger charge is 2.21. The molecular weight excluding hydrogens is 236 g/mol. The van der Waals surface area contributed by atoms with Gasteiger partial charge in [0.05, 0.1) is 6.07 Å². The summed E-state index contributed by atoms with van der Waals surface area (Å²) >= 11 is 0. The largest absolute Gasteiger partial charge is 0.301 e. The van der Waals surface area contributed by atoms with Crippen LogP contribution in [0.5, 0.6) is 0 Å². The molecule has 0 aromatic carbocycles. The predicted octanol–water partition coefficient (Wildman–Crippen LogP) is 2.06. The van der Waals surface area contributed by atoms with Crippen LogP contribution in [0.25, 0.3) is 0 Å². The monoisotopic (exact) mass is 258 g/mol. The second kappa shape index (κ2) is 7.22. The van der Waals surface area contributed by atoms with Crippen molar-refractivity contribution in [2.75, 3.05) is 32.7 Å². The SMILES string of the molecule is CC(c1cccnc1)N1CCN(CCCC#N)CC1. The van der Waals surface area contributed by atoms with E-state index in [-0.39, 0.29) is 0 Å². The Balaban J connectivity index is 1.78. The first kappa shape index (κ1) is 14.0. The lowest BCUT2D eigenvalue weighted by molar-refractivity contribution is 0.102. The lowest BCUT2D eigenvalue weighted by Gasteiger charge is -2.38. The number of nitriles is 1. The Hall–Kier alpha value is -1.44. The highest BCUT2D eigenvalue weighted by Crippen LogP contribution is 2.20. The maximum Gasteiger partial charge on any atom is 0.0622 e. The Kier molecular flexibility index (Phi) is 5.31. The summed E-state index contributed by atoms with van der Waals surface area (Å²) in [6, 6.07) is 6.81. The van der Waals surface area contributed by atoms with Gasteiger partial charge in [-0.3, -0.25) is 9.88 Å². The molecule has 0 radical (unpaired) electrons. The molecule has 1 unspecified atom stereocenters. The van der Waals surface area contributed by atoms with E-state index in [1.54, 1.807) is 0 Å². The molecule has 1 aromatic rings. The molecule has 1 aliphatic heterocycles. The Bertz CT molecular complexity index is 404. The quantitative estimate of drug-likeness (QED) is 0.758. The van der Waals surface area contributed by atoms with Gasteiger partial charge >= 0.3 is 0 Å². The van der Waals surface area contributed by atoms with Crippen molar-refractivity contribution in [1.82, 2.24) is 14.8 Å². The Morgan fingerprint density at radius 2 is 2.16 bits per heavy atom. The summed E-state index contributed by atoms with van der Waals surface area (Å²) in [5.41, 5.74) is 1.29. The third-order valence-electron chi connectivity index (χ3n) is 3.88. The highest BCUT2D eigenvalue weighted by molar-refractivity contribution is 5.13. The number of hydrogen-bond acceptors (Lipinski definition) is 4. The third kappa shape index (κ3) is 4.02. The van der Waals surface area contributed by atoms with Crippen LogP contribution in [0.1, 0.15) is 31.4 Å². The van der Waals surface area contributed by atoms with E-state index in [0.717, 1.165) is 39.1 Å². The highest BCUT2D eigenvalue weighted by atomic mass is 15.3. The number of piperazine rings is 1. The summed E-state index contributed by atoms with van der Waals surface area (Å²) < 4.78 is 0. The second-order valence-corrected chi connectivity index (χ2v) is 5.10. The zero-order valence-electron chi connectivity index (χ0n) is 11.6. The summed E-state index contributed by atoms with van der Waals surface area (Å²) in [5.74, 6) is 0. The molecule has 102 valence electrons. The lowest BCUT2D eigenvalue weighted by atomic mass is 10.1. The summed E-state index contributed by atoms with van der Waals surface area (Å²) in [6.45, 7) is 7.72. The van der Waals surface area contributed by atoms with E-state index in [1.165, 1.54) is 5.56 Å². The van der Waals surface area contributed by atoms with E-state index >= 15 is 0 Å². The van der Waals surface area contributed by atoms with E-state index in [1.807, 2.05) is 18.5 Å². The maximum absolute atomic E-state index is 8.55. The van der Waals surface area contributed by atoms with Crippen molar-refractivity contribution < 1.29 is 0 Å². The topological polar surface area (TPSA) is 43.2 Å². The second-order valence-electron chi connectivity index (χ2n) is 5.10. The Morgan fingerprint density at radius 1 is 1.37 bits per heavy atom. The van der Waals surface area contributed by atoms with E-state index in [4.69, 9.17) is 5.26 Å². The molecule has 2 rings (SSSR count). The minimum Gasteiger partial charge on any atom is -0.301 e. The van der Waals surface area contributed by atoms with Crippen molar-refractivity contribution in [3.8, 4) is 6.07 Å². The van der Waals surface area contributed by atoms with Crippen LogP contribution in [-0.2, 0) is 0 Å². The number of rotatable bonds is 5. The molecule has 1 atom stereocenters. The molecule has 4 heteroatoms. The van der Waals surface area contributed by atoms with Crippen molar-refractivity contribution in [1.29, 1.82) is 5.26 Å². The molecular formula is C15H22N4. The number of aromatic nitrogens is 1. The van der Waals surface area contributed by atoms with Gasteiger partial charge in [-0.15, -0.1) is 0 Å². The molecule has 0 spiro atoms. The molecule has 1 fully saturated rings. The van der Waals surface area contributed by atoms with Crippen LogP contribution in [-0.4, -0.2) is 47.5 Å². The van der Waals surface area contributed by atoms with E-state index in [2.05, 4.69) is 33.8 Å². The number of hydrogen-bond donors (Lipinski definition) is 0. The van der Waals surface area contributed by atoms with Gasteiger partial charge in [0, 0.05) is 51.0 Å². The fraction of sp³-hybridized carbons (Fsp3) is 0.600. The maximum atomic E-state index is 8.55. The lowest BCUT2D eigenvalue weighted by Crippen LogP contribution is -2.47. The normalized spacial score (nSPS) is 18.9. The molecule has 0 N–H and O–H groups in total. The number of unbranched alkanes of at least 4 members (excludes halogenated alkanes) is 1. The van der Waals surface area contributed by atoms with Crippen molar-refractivity contribution in [3.63, 3.8) is 0 Å². The zero-order valence-corrected chi connectivity index (χ0v) is 11.6. The van der Waals surface area contributed by atoms with Gasteiger partial charge in [0.25, 0.3) is 0 Å². The minimum absolute atomic E-state index is 0.440. The molecule has 4 nitrogen and oxygen atoms in total. The van der Waals surface area contributed by atoms with Crippen molar-refractivity contribution in [2.45, 2.75) is 25.8 Å². The van der Waals surface area contributed by atoms with Gasteiger partial charge in [0.1, 0.15) is 0 Å². The van der Waals surface area contributed by atoms with Crippen LogP contribution in [0.2, 0.25) is 0 Å². The molecule has 0 amide bonds. The minimum atomic E-state index is 0.440. The van der Waals surface area contributed by atoms with Crippen LogP contribution < -0.4 is 0 Å². The van der Waals surface area contributed by atoms with Gasteiger partial charge in [-0.25, -0.2) is 0 Å². The molecule has 1 saturated heterocycles. The standard InChI is InChI=1S/C15H22N4/c1-14(15-5-4-7-17-13-15)19-11-9-18(10-12-19)8-3-2-6-16/h4-5,7,13-14H,2-3,8-12H2,1H3. The molecule has 1 aromatic heterocycles. The smallest absolute Gasteiger partial charge is 0.0622 e. The van der Waals surface area contributed by atoms with E-state index in [0.29, 0.717) is 12.5 Å². The van der Waals surface area contributed by atoms with Gasteiger partial charge in [0.15, 0.2) is 0 Å². The Morgan fingerprint density at radius 3 is 2.79 bits per heavy atom. The van der Waals surface area contributed by atoms with Crippen molar-refractivity contribution in [2.24, 2.45) is 0 Å². The molecule has 1 aliphatic rings. The number of nitrogens with zero attached hydrogens (tertiary/aromatic N) is 4. The van der Waals surface area contributed by atoms with Crippen molar-refractivity contribution >= 4 is 0 Å². The average molecular weight is 258 g/mol. The van der Waals surface area contributed by atoms with E-state index < -0.39 is 0 Å². The zero-order chi connectivity index (χ0) is 13.5. The molecule has 19 heavy (non-hydrogen) atoms. The van der Waals surface area contributed by atoms with E-state index in [9.17, 15) is 0 Å². The van der Waals surface area contributed by atoms with Gasteiger partial charge in [-0.05, 0) is 31.5 Å². The fourth-order valence-corrected chi connectivity index (χ4v) is 2.59. The summed E-state index contributed by atoms with van der Waals surface area (Å²) in [7, 11) is 0. The molecule has 0 aliphatic carbocycles. The summed E-state index contributed by atoms with van der Waals surface area (Å²) in [5, 5.41) is 8.55. The average Bonchev–Trinajstić information content (AvgIpc) is 2.48. The molecule has 0 saturated carbocycles. The first-order valence-electron chi connectivity index (χ1n) is 7.04. The number of pyridine rings is 1. The van der Waals surface area contributed by atoms with Crippen LogP contribution in [0.4, 0.5) is 0 Å². The van der Waals surface area contributed by atoms with Gasteiger partial charge in [-0.2, -0.15) is 5.26 Å². The summed E-state index contributed by atoms with van der Waals surface area (Å²) in [4.78, 5) is 9.17. The van der Waals surface area contributed by atoms with Crippen LogP contribution >= 0.6 is 0 Å². The molecule has 2 heterocycles. The summed E-state index contributed by atoms with van der Waals surface area (Å²) in [6.07, 6.45) is 5.45. The third-order valence-corrected chi connectivity index (χ3v) is 3.88. The molecule has 0 bridgehead atoms. The van der Waals surface area contributed by atoms with Gasteiger partial charge in [0.2, 0.25) is 0 Å². The van der Waals surface area contributed by atoms with Gasteiger partial charge < -0.3 is 4.90 Å². The predicted molar refractivity (Wildman–Crippen MR) is 75.5 cm³/mol. The Labute approximate surface area is 115 Å². The van der Waals surface area contributed by atoms with Crippen LogP contribution in [0.3, 0.4) is 0 Å². The fourth-order valence-electron chi connectivity index (χ4n) is 2.59.